The Kier molecular flexibility index (Phi) is 5.76. The third-order valence-corrected chi connectivity index (χ3v) is 2.73. The molecular weight excluding hydrogens is 264 g/mol. The molecule has 0 aliphatic carbocycles. The van der Waals surface area contributed by atoms with Crippen LogP contribution in [0.3, 0.4) is 0 Å². The van der Waals surface area contributed by atoms with Crippen LogP contribution in [0, 0.1) is 10.1 Å². The van der Waals surface area contributed by atoms with E-state index < -0.39 is 10.9 Å². The van der Waals surface area contributed by atoms with E-state index in [9.17, 15) is 14.9 Å². The van der Waals surface area contributed by atoms with E-state index in [1.807, 2.05) is 6.92 Å². The van der Waals surface area contributed by atoms with Crippen LogP contribution in [0.5, 0.6) is 5.75 Å². The lowest BCUT2D eigenvalue weighted by Gasteiger charge is -2.22. The molecule has 7 nitrogen and oxygen atoms in total. The van der Waals surface area contributed by atoms with Crippen LogP contribution in [0.25, 0.3) is 0 Å². The largest absolute Gasteiger partial charge is 0.497 e. The van der Waals surface area contributed by atoms with Gasteiger partial charge in [0, 0.05) is 18.7 Å². The molecule has 0 amide bonds. The van der Waals surface area contributed by atoms with E-state index in [2.05, 4.69) is 0 Å². The molecule has 0 N–H and O–H groups in total. The number of nitro benzene ring substituents is 1. The quantitative estimate of drug-likeness (QED) is 0.432. The summed E-state index contributed by atoms with van der Waals surface area (Å²) in [4.78, 5) is 23.7. The van der Waals surface area contributed by atoms with Crippen molar-refractivity contribution in [1.29, 1.82) is 0 Å². The van der Waals surface area contributed by atoms with Crippen molar-refractivity contribution < 1.29 is 19.2 Å². The fourth-order valence-corrected chi connectivity index (χ4v) is 1.77. The van der Waals surface area contributed by atoms with Gasteiger partial charge in [-0.3, -0.25) is 14.9 Å². The molecular formula is C13H18N2O5. The van der Waals surface area contributed by atoms with E-state index in [1.54, 1.807) is 17.9 Å². The minimum absolute atomic E-state index is 0.0433. The average molecular weight is 282 g/mol. The molecule has 1 rings (SSSR count). The van der Waals surface area contributed by atoms with Crippen LogP contribution < -0.4 is 9.64 Å². The van der Waals surface area contributed by atoms with E-state index in [4.69, 9.17) is 9.47 Å². The zero-order valence-corrected chi connectivity index (χ0v) is 11.8. The molecule has 0 heterocycles. The minimum Gasteiger partial charge on any atom is -0.497 e. The number of ether oxygens (including phenoxy) is 2. The number of anilines is 1. The SMILES string of the molecule is CCOC(=O)CN(CC)c1cc(OC)ccc1[N+](=O)[O-]. The number of carbonyl (C=O) groups is 1. The Balaban J connectivity index is 3.11. The van der Waals surface area contributed by atoms with E-state index in [1.165, 1.54) is 19.2 Å². The lowest BCUT2D eigenvalue weighted by atomic mass is 10.2. The number of rotatable bonds is 7. The normalized spacial score (nSPS) is 9.95. The maximum atomic E-state index is 11.6. The van der Waals surface area contributed by atoms with Gasteiger partial charge in [-0.25, -0.2) is 0 Å². The summed E-state index contributed by atoms with van der Waals surface area (Å²) in [5.74, 6) is 0.0689. The van der Waals surface area contributed by atoms with Gasteiger partial charge in [0.25, 0.3) is 5.69 Å². The van der Waals surface area contributed by atoms with Gasteiger partial charge in [-0.15, -0.1) is 0 Å². The fraction of sp³-hybridized carbons (Fsp3) is 0.462. The highest BCUT2D eigenvalue weighted by atomic mass is 16.6. The Labute approximate surface area is 117 Å². The second-order valence-corrected chi connectivity index (χ2v) is 3.93. The molecule has 110 valence electrons. The Morgan fingerprint density at radius 3 is 2.60 bits per heavy atom. The van der Waals surface area contributed by atoms with Crippen molar-refractivity contribution in [3.8, 4) is 5.75 Å². The van der Waals surface area contributed by atoms with Gasteiger partial charge in [0.2, 0.25) is 0 Å². The van der Waals surface area contributed by atoms with Crippen LogP contribution in [0.15, 0.2) is 18.2 Å². The first-order chi connectivity index (χ1) is 9.53. The van der Waals surface area contributed by atoms with Crippen LogP contribution in [0.4, 0.5) is 11.4 Å². The fourth-order valence-electron chi connectivity index (χ4n) is 1.77. The van der Waals surface area contributed by atoms with Crippen LogP contribution in [-0.4, -0.2) is 37.7 Å². The van der Waals surface area contributed by atoms with Crippen LogP contribution in [0.2, 0.25) is 0 Å². The van der Waals surface area contributed by atoms with Gasteiger partial charge in [0.05, 0.1) is 18.6 Å². The summed E-state index contributed by atoms with van der Waals surface area (Å²) in [6.45, 7) is 4.19. The molecule has 0 unspecified atom stereocenters. The van der Waals surface area contributed by atoms with Gasteiger partial charge in [-0.1, -0.05) is 0 Å². The van der Waals surface area contributed by atoms with Crippen LogP contribution in [-0.2, 0) is 9.53 Å². The summed E-state index contributed by atoms with van der Waals surface area (Å²) in [7, 11) is 1.48. The Morgan fingerprint density at radius 2 is 2.10 bits per heavy atom. The number of hydrogen-bond donors (Lipinski definition) is 0. The van der Waals surface area contributed by atoms with Crippen molar-refractivity contribution in [2.24, 2.45) is 0 Å². The van der Waals surface area contributed by atoms with E-state index in [-0.39, 0.29) is 18.8 Å². The number of hydrogen-bond acceptors (Lipinski definition) is 6. The predicted molar refractivity (Wildman–Crippen MR) is 74.2 cm³/mol. The maximum Gasteiger partial charge on any atom is 0.325 e. The molecule has 7 heteroatoms. The number of esters is 1. The van der Waals surface area contributed by atoms with Crippen LogP contribution >= 0.6 is 0 Å². The molecule has 0 fully saturated rings. The highest BCUT2D eigenvalue weighted by molar-refractivity contribution is 5.78. The lowest BCUT2D eigenvalue weighted by molar-refractivity contribution is -0.384. The van der Waals surface area contributed by atoms with Gasteiger partial charge in [0.15, 0.2) is 0 Å². The minimum atomic E-state index is -0.484. The molecule has 0 bridgehead atoms. The smallest absolute Gasteiger partial charge is 0.325 e. The topological polar surface area (TPSA) is 81.9 Å². The molecule has 0 aromatic heterocycles. The second kappa shape index (κ2) is 7.32. The summed E-state index contributed by atoms with van der Waals surface area (Å²) < 4.78 is 9.94. The first-order valence-electron chi connectivity index (χ1n) is 6.26. The third-order valence-electron chi connectivity index (χ3n) is 2.73. The zero-order valence-electron chi connectivity index (χ0n) is 11.8. The molecule has 1 aromatic rings. The number of methoxy groups -OCH3 is 1. The van der Waals surface area contributed by atoms with Crippen molar-refractivity contribution in [2.75, 3.05) is 31.7 Å². The third kappa shape index (κ3) is 3.84. The second-order valence-electron chi connectivity index (χ2n) is 3.93. The van der Waals surface area contributed by atoms with Gasteiger partial charge in [-0.2, -0.15) is 0 Å². The molecule has 0 spiro atoms. The Morgan fingerprint density at radius 1 is 1.40 bits per heavy atom. The number of nitro groups is 1. The molecule has 0 aliphatic heterocycles. The van der Waals surface area contributed by atoms with Gasteiger partial charge >= 0.3 is 5.97 Å². The summed E-state index contributed by atoms with van der Waals surface area (Å²) in [6.07, 6.45) is 0. The number of nitrogens with zero attached hydrogens (tertiary/aromatic N) is 2. The predicted octanol–water partition coefficient (Wildman–Crippen LogP) is 1.99. The summed E-state index contributed by atoms with van der Waals surface area (Å²) in [5.41, 5.74) is 0.266. The molecule has 0 atom stereocenters. The summed E-state index contributed by atoms with van der Waals surface area (Å²) in [5, 5.41) is 11.1. The van der Waals surface area contributed by atoms with E-state index >= 15 is 0 Å². The molecule has 0 radical (unpaired) electrons. The average Bonchev–Trinajstić information content (AvgIpc) is 2.44. The van der Waals surface area contributed by atoms with E-state index in [0.717, 1.165) is 0 Å². The van der Waals surface area contributed by atoms with Gasteiger partial charge in [0.1, 0.15) is 18.0 Å². The van der Waals surface area contributed by atoms with Crippen LogP contribution in [0.1, 0.15) is 13.8 Å². The number of likely N-dealkylation sites (N-methyl/N-ethyl adjacent to an activating group) is 1. The first-order valence-corrected chi connectivity index (χ1v) is 6.26. The Hall–Kier alpha value is -2.31. The number of benzene rings is 1. The molecule has 1 aromatic carbocycles. The molecule has 20 heavy (non-hydrogen) atoms. The van der Waals surface area contributed by atoms with Crippen molar-refractivity contribution in [2.45, 2.75) is 13.8 Å². The van der Waals surface area contributed by atoms with Crippen molar-refractivity contribution >= 4 is 17.3 Å². The highest BCUT2D eigenvalue weighted by Crippen LogP contribution is 2.32. The van der Waals surface area contributed by atoms with Crippen molar-refractivity contribution in [3.05, 3.63) is 28.3 Å². The highest BCUT2D eigenvalue weighted by Gasteiger charge is 2.21. The molecule has 0 saturated heterocycles. The monoisotopic (exact) mass is 282 g/mol. The first kappa shape index (κ1) is 15.7. The maximum absolute atomic E-state index is 11.6. The zero-order chi connectivity index (χ0) is 15.1. The van der Waals surface area contributed by atoms with E-state index in [0.29, 0.717) is 18.0 Å². The standard InChI is InChI=1S/C13H18N2O5/c1-4-14(9-13(16)20-5-2)12-8-10(19-3)6-7-11(12)15(17)18/h6-8H,4-5,9H2,1-3H3. The Bertz CT molecular complexity index is 490. The lowest BCUT2D eigenvalue weighted by Crippen LogP contribution is -2.31. The van der Waals surface area contributed by atoms with Crippen molar-refractivity contribution in [1.82, 2.24) is 0 Å². The van der Waals surface area contributed by atoms with Crippen molar-refractivity contribution in [3.63, 3.8) is 0 Å². The molecule has 0 saturated carbocycles. The van der Waals surface area contributed by atoms with Gasteiger partial charge in [-0.05, 0) is 19.9 Å². The number of carbonyl (C=O) groups excluding carboxylic acids is 1. The van der Waals surface area contributed by atoms with Gasteiger partial charge < -0.3 is 14.4 Å². The summed E-state index contributed by atoms with van der Waals surface area (Å²) in [6, 6.07) is 4.42. The molecule has 0 aliphatic rings. The summed E-state index contributed by atoms with van der Waals surface area (Å²) >= 11 is 0.